The number of benzene rings is 2. The number of rotatable bonds is 11. The maximum Gasteiger partial charge on any atom is 0.410 e. The van der Waals surface area contributed by atoms with Crippen molar-refractivity contribution < 1.29 is 41.7 Å². The second kappa shape index (κ2) is 16.9. The molecule has 0 spiro atoms. The fourth-order valence-electron chi connectivity index (χ4n) is 7.83. The Hall–Kier alpha value is -6.23. The lowest BCUT2D eigenvalue weighted by atomic mass is 10.0. The first-order valence-corrected chi connectivity index (χ1v) is 20.5. The van der Waals surface area contributed by atoms with Gasteiger partial charge in [-0.1, -0.05) is 12.1 Å². The molecule has 1 N–H and O–H groups in total. The molecule has 0 radical (unpaired) electrons. The van der Waals surface area contributed by atoms with Crippen molar-refractivity contribution in [3.63, 3.8) is 0 Å². The van der Waals surface area contributed by atoms with E-state index in [0.717, 1.165) is 45.4 Å². The summed E-state index contributed by atoms with van der Waals surface area (Å²) in [7, 11) is 3.21. The Kier molecular flexibility index (Phi) is 11.6. The normalized spacial score (nSPS) is 16.6. The quantitative estimate of drug-likeness (QED) is 0.137. The van der Waals surface area contributed by atoms with Gasteiger partial charge in [0.2, 0.25) is 0 Å². The Morgan fingerprint density at radius 2 is 1.69 bits per heavy atom. The van der Waals surface area contributed by atoms with E-state index in [-0.39, 0.29) is 36.9 Å². The van der Waals surface area contributed by atoms with Crippen molar-refractivity contribution in [2.24, 2.45) is 0 Å². The number of nitrogens with zero attached hydrogens (tertiary/aromatic N) is 7. The van der Waals surface area contributed by atoms with Gasteiger partial charge in [0.25, 0.3) is 5.91 Å². The Morgan fingerprint density at radius 3 is 2.37 bits per heavy atom. The van der Waals surface area contributed by atoms with Crippen LogP contribution in [0.1, 0.15) is 83.7 Å². The summed E-state index contributed by atoms with van der Waals surface area (Å²) in [6.45, 7) is 7.24. The molecule has 5 aromatic rings. The van der Waals surface area contributed by atoms with E-state index in [1.807, 2.05) is 36.4 Å². The number of piperazine rings is 1. The first kappa shape index (κ1) is 42.5. The molecule has 3 aromatic heterocycles. The van der Waals surface area contributed by atoms with Crippen LogP contribution in [0.25, 0.3) is 10.9 Å². The van der Waals surface area contributed by atoms with Crippen molar-refractivity contribution in [2.75, 3.05) is 49.0 Å². The highest BCUT2D eigenvalue weighted by Crippen LogP contribution is 2.38. The standard InChI is InChI=1S/C45H49F3N8O6/c1-26-36(13-14-39(52-26)54-15-16-55(38(23-54)45(46,47)48)43(58)62-44(2,3)4)56(42(57)30-20-49-40(50-21-30)28-8-9-28)22-27-7-12-32-33-24-61-25-34(33)41(53-35(32)17-27)51-19-29-10-11-31(59-5)18-37(29)60-6/h7,10-14,17-18,20-21,28,38H,8-9,15-16,19,22-25H2,1-6H3,(H,51,53). The minimum Gasteiger partial charge on any atom is -0.497 e. The second-order valence-corrected chi connectivity index (χ2v) is 16.7. The van der Waals surface area contributed by atoms with E-state index in [1.165, 1.54) is 17.3 Å². The van der Waals surface area contributed by atoms with Crippen LogP contribution in [-0.4, -0.2) is 88.5 Å². The highest BCUT2D eigenvalue weighted by Gasteiger charge is 2.49. The van der Waals surface area contributed by atoms with Gasteiger partial charge in [-0.2, -0.15) is 13.2 Å². The minimum absolute atomic E-state index is 0.0915. The van der Waals surface area contributed by atoms with Crippen LogP contribution in [-0.2, 0) is 35.8 Å². The number of pyridine rings is 2. The van der Waals surface area contributed by atoms with Crippen molar-refractivity contribution in [3.8, 4) is 11.5 Å². The predicted molar refractivity (Wildman–Crippen MR) is 226 cm³/mol. The third kappa shape index (κ3) is 9.03. The summed E-state index contributed by atoms with van der Waals surface area (Å²) in [6, 6.07) is 12.7. The van der Waals surface area contributed by atoms with Crippen LogP contribution in [0.2, 0.25) is 0 Å². The Labute approximate surface area is 357 Å². The smallest absolute Gasteiger partial charge is 0.410 e. The minimum atomic E-state index is -4.71. The molecule has 62 heavy (non-hydrogen) atoms. The van der Waals surface area contributed by atoms with Gasteiger partial charge in [-0.15, -0.1) is 0 Å². The van der Waals surface area contributed by atoms with Crippen LogP contribution in [0.15, 0.2) is 60.9 Å². The summed E-state index contributed by atoms with van der Waals surface area (Å²) in [5, 5.41) is 4.42. The lowest BCUT2D eigenvalue weighted by Gasteiger charge is -2.42. The third-order valence-electron chi connectivity index (χ3n) is 11.2. The first-order valence-electron chi connectivity index (χ1n) is 20.5. The fraction of sp³-hybridized carbons (Fsp3) is 0.422. The van der Waals surface area contributed by atoms with Gasteiger partial charge in [0.1, 0.15) is 40.6 Å². The number of aromatic nitrogens is 4. The average Bonchev–Trinajstić information content (AvgIpc) is 3.98. The zero-order valence-electron chi connectivity index (χ0n) is 35.5. The molecule has 2 aliphatic heterocycles. The van der Waals surface area contributed by atoms with E-state index in [9.17, 15) is 22.8 Å². The summed E-state index contributed by atoms with van der Waals surface area (Å²) < 4.78 is 65.5. The number of aryl methyl sites for hydroxylation is 1. The van der Waals surface area contributed by atoms with Gasteiger partial charge < -0.3 is 34.1 Å². The number of fused-ring (bicyclic) bond motifs is 3. The van der Waals surface area contributed by atoms with Gasteiger partial charge in [0.15, 0.2) is 0 Å². The number of hydrogen-bond acceptors (Lipinski definition) is 12. The van der Waals surface area contributed by atoms with E-state index < -0.39 is 30.5 Å². The van der Waals surface area contributed by atoms with Crippen LogP contribution in [0.4, 0.5) is 35.3 Å². The Bertz CT molecular complexity index is 2490. The zero-order chi connectivity index (χ0) is 43.9. The van der Waals surface area contributed by atoms with Crippen LogP contribution in [0.3, 0.4) is 0 Å². The molecule has 0 bridgehead atoms. The summed E-state index contributed by atoms with van der Waals surface area (Å²) in [5.41, 5.74) is 4.58. The molecule has 326 valence electrons. The summed E-state index contributed by atoms with van der Waals surface area (Å²) in [4.78, 5) is 49.9. The van der Waals surface area contributed by atoms with Crippen molar-refractivity contribution in [3.05, 3.63) is 100 Å². The predicted octanol–water partition coefficient (Wildman–Crippen LogP) is 8.10. The molecular weight excluding hydrogens is 806 g/mol. The molecule has 1 unspecified atom stereocenters. The Balaban J connectivity index is 1.09. The topological polar surface area (TPSA) is 144 Å². The lowest BCUT2D eigenvalue weighted by Crippen LogP contribution is -2.61. The summed E-state index contributed by atoms with van der Waals surface area (Å²) in [5.74, 6) is 2.94. The van der Waals surface area contributed by atoms with E-state index >= 15 is 0 Å². The van der Waals surface area contributed by atoms with Crippen molar-refractivity contribution >= 4 is 40.2 Å². The SMILES string of the molecule is COc1ccc(CNc2nc3cc(CN(C(=O)c4cnc(C5CC5)nc4)c4ccc(N5CCN(C(=O)OC(C)(C)C)C(C(F)(F)F)C5)nc4C)ccc3c3c2COC3)c(OC)c1. The van der Waals surface area contributed by atoms with E-state index in [2.05, 4.69) is 15.3 Å². The lowest BCUT2D eigenvalue weighted by molar-refractivity contribution is -0.181. The molecule has 1 atom stereocenters. The highest BCUT2D eigenvalue weighted by atomic mass is 19.4. The summed E-state index contributed by atoms with van der Waals surface area (Å²) in [6.07, 6.45) is -0.646. The number of halogens is 3. The second-order valence-electron chi connectivity index (χ2n) is 16.7. The number of alkyl halides is 3. The van der Waals surface area contributed by atoms with Crippen molar-refractivity contribution in [1.29, 1.82) is 0 Å². The van der Waals surface area contributed by atoms with Crippen LogP contribution < -0.4 is 24.6 Å². The van der Waals surface area contributed by atoms with Gasteiger partial charge in [-0.3, -0.25) is 9.69 Å². The van der Waals surface area contributed by atoms with Crippen molar-refractivity contribution in [1.82, 2.24) is 24.8 Å². The molecule has 3 aliphatic rings. The van der Waals surface area contributed by atoms with Gasteiger partial charge in [-0.05, 0) is 82.0 Å². The largest absolute Gasteiger partial charge is 0.497 e. The molecule has 2 amide bonds. The van der Waals surface area contributed by atoms with Gasteiger partial charge in [-0.25, -0.2) is 24.7 Å². The molecular formula is C45H49F3N8O6. The number of carbonyl (C=O) groups is 2. The molecule has 5 heterocycles. The first-order chi connectivity index (χ1) is 29.6. The molecule has 1 saturated carbocycles. The number of anilines is 3. The molecule has 2 aromatic carbocycles. The fourth-order valence-corrected chi connectivity index (χ4v) is 7.83. The highest BCUT2D eigenvalue weighted by molar-refractivity contribution is 6.06. The molecule has 1 aliphatic carbocycles. The molecule has 1 saturated heterocycles. The van der Waals surface area contributed by atoms with E-state index in [1.54, 1.807) is 58.9 Å². The van der Waals surface area contributed by atoms with Gasteiger partial charge in [0.05, 0.1) is 56.4 Å². The Morgan fingerprint density at radius 1 is 0.935 bits per heavy atom. The van der Waals surface area contributed by atoms with E-state index in [0.29, 0.717) is 65.7 Å². The van der Waals surface area contributed by atoms with Crippen LogP contribution in [0.5, 0.6) is 11.5 Å². The molecule has 14 nitrogen and oxygen atoms in total. The van der Waals surface area contributed by atoms with Gasteiger partial charge in [0, 0.05) is 67.1 Å². The summed E-state index contributed by atoms with van der Waals surface area (Å²) >= 11 is 0. The zero-order valence-corrected chi connectivity index (χ0v) is 35.5. The van der Waals surface area contributed by atoms with Crippen molar-refractivity contribution in [2.45, 2.75) is 90.6 Å². The maximum absolute atomic E-state index is 14.5. The number of methoxy groups -OCH3 is 2. The number of amides is 2. The average molecular weight is 855 g/mol. The van der Waals surface area contributed by atoms with Crippen LogP contribution in [0, 0.1) is 6.92 Å². The number of hydrogen-bond donors (Lipinski definition) is 1. The molecule has 17 heteroatoms. The monoisotopic (exact) mass is 854 g/mol. The van der Waals surface area contributed by atoms with Crippen LogP contribution >= 0.6 is 0 Å². The third-order valence-corrected chi connectivity index (χ3v) is 11.2. The number of ether oxygens (including phenoxy) is 4. The maximum atomic E-state index is 14.5. The molecule has 2 fully saturated rings. The van der Waals surface area contributed by atoms with Gasteiger partial charge >= 0.3 is 12.3 Å². The number of nitrogens with one attached hydrogen (secondary N) is 1. The van der Waals surface area contributed by atoms with E-state index in [4.69, 9.17) is 28.9 Å². The molecule has 8 rings (SSSR count). The number of carbonyl (C=O) groups excluding carboxylic acids is 2.